The summed E-state index contributed by atoms with van der Waals surface area (Å²) in [5, 5.41) is 6.61. The van der Waals surface area contributed by atoms with Crippen LogP contribution >= 0.6 is 11.6 Å². The number of amides is 3. The van der Waals surface area contributed by atoms with Gasteiger partial charge in [-0.15, -0.1) is 0 Å². The SMILES string of the molecule is CCOc1cc(C=NNC(N)=O)cc(Cl)c1OCC(=O)Nc1ccccc1. The molecule has 0 spiro atoms. The number of para-hydroxylation sites is 1. The molecule has 0 aromatic heterocycles. The zero-order valence-corrected chi connectivity index (χ0v) is 15.3. The molecule has 0 aliphatic heterocycles. The van der Waals surface area contributed by atoms with Gasteiger partial charge in [-0.25, -0.2) is 10.2 Å². The number of urea groups is 1. The summed E-state index contributed by atoms with van der Waals surface area (Å²) in [6, 6.07) is 11.4. The number of ether oxygens (including phenoxy) is 2. The fraction of sp³-hybridized carbons (Fsp3) is 0.167. The van der Waals surface area contributed by atoms with E-state index in [1.807, 2.05) is 18.2 Å². The lowest BCUT2D eigenvalue weighted by Gasteiger charge is -2.14. The van der Waals surface area contributed by atoms with Gasteiger partial charge in [-0.05, 0) is 36.8 Å². The Morgan fingerprint density at radius 2 is 1.96 bits per heavy atom. The maximum atomic E-state index is 12.0. The average Bonchev–Trinajstić information content (AvgIpc) is 2.62. The van der Waals surface area contributed by atoms with Crippen molar-refractivity contribution in [1.82, 2.24) is 5.43 Å². The van der Waals surface area contributed by atoms with Crippen LogP contribution in [0.2, 0.25) is 5.02 Å². The molecule has 0 aliphatic carbocycles. The fourth-order valence-electron chi connectivity index (χ4n) is 2.09. The van der Waals surface area contributed by atoms with Crippen LogP contribution < -0.4 is 25.9 Å². The highest BCUT2D eigenvalue weighted by molar-refractivity contribution is 6.32. The zero-order valence-electron chi connectivity index (χ0n) is 14.6. The van der Waals surface area contributed by atoms with E-state index in [0.29, 0.717) is 23.6 Å². The Morgan fingerprint density at radius 1 is 1.22 bits per heavy atom. The molecule has 142 valence electrons. The number of hydrazone groups is 1. The molecule has 0 aliphatic rings. The van der Waals surface area contributed by atoms with Gasteiger partial charge in [0.2, 0.25) is 0 Å². The quantitative estimate of drug-likeness (QED) is 0.474. The van der Waals surface area contributed by atoms with E-state index in [0.717, 1.165) is 0 Å². The van der Waals surface area contributed by atoms with E-state index >= 15 is 0 Å². The van der Waals surface area contributed by atoms with Gasteiger partial charge in [0.1, 0.15) is 0 Å². The lowest BCUT2D eigenvalue weighted by Crippen LogP contribution is -2.24. The summed E-state index contributed by atoms with van der Waals surface area (Å²) < 4.78 is 11.1. The third-order valence-corrected chi connectivity index (χ3v) is 3.41. The molecular formula is C18H19ClN4O4. The van der Waals surface area contributed by atoms with Gasteiger partial charge in [0.05, 0.1) is 17.8 Å². The first-order valence-electron chi connectivity index (χ1n) is 8.02. The molecule has 4 N–H and O–H groups in total. The number of benzene rings is 2. The van der Waals surface area contributed by atoms with Crippen molar-refractivity contribution in [2.75, 3.05) is 18.5 Å². The first-order valence-corrected chi connectivity index (χ1v) is 8.40. The number of carbonyl (C=O) groups is 2. The summed E-state index contributed by atoms with van der Waals surface area (Å²) in [6.45, 7) is 1.92. The molecule has 9 heteroatoms. The van der Waals surface area contributed by atoms with Crippen molar-refractivity contribution in [3.05, 3.63) is 53.1 Å². The van der Waals surface area contributed by atoms with Gasteiger partial charge < -0.3 is 20.5 Å². The van der Waals surface area contributed by atoms with E-state index in [1.54, 1.807) is 31.2 Å². The molecule has 0 heterocycles. The van der Waals surface area contributed by atoms with E-state index in [4.69, 9.17) is 26.8 Å². The minimum Gasteiger partial charge on any atom is -0.490 e. The van der Waals surface area contributed by atoms with Crippen molar-refractivity contribution < 1.29 is 19.1 Å². The summed E-state index contributed by atoms with van der Waals surface area (Å²) in [5.41, 5.74) is 8.24. The first kappa shape index (κ1) is 20.1. The summed E-state index contributed by atoms with van der Waals surface area (Å²) in [6.07, 6.45) is 1.35. The van der Waals surface area contributed by atoms with Crippen LogP contribution in [-0.2, 0) is 4.79 Å². The third kappa shape index (κ3) is 6.52. The number of carbonyl (C=O) groups excluding carboxylic acids is 2. The predicted molar refractivity (Wildman–Crippen MR) is 104 cm³/mol. The molecule has 2 rings (SSSR count). The second-order valence-electron chi connectivity index (χ2n) is 5.20. The van der Waals surface area contributed by atoms with Crippen LogP contribution in [-0.4, -0.2) is 31.4 Å². The molecular weight excluding hydrogens is 372 g/mol. The van der Waals surface area contributed by atoms with Gasteiger partial charge in [-0.2, -0.15) is 5.10 Å². The molecule has 0 atom stereocenters. The Kier molecular flexibility index (Phi) is 7.45. The number of nitrogens with zero attached hydrogens (tertiary/aromatic N) is 1. The van der Waals surface area contributed by atoms with Crippen LogP contribution in [0.1, 0.15) is 12.5 Å². The zero-order chi connectivity index (χ0) is 19.6. The van der Waals surface area contributed by atoms with Crippen LogP contribution in [0.4, 0.5) is 10.5 Å². The topological polar surface area (TPSA) is 115 Å². The molecule has 0 radical (unpaired) electrons. The standard InChI is InChI=1S/C18H19ClN4O4/c1-2-26-15-9-12(10-21-23-18(20)25)8-14(19)17(15)27-11-16(24)22-13-6-4-3-5-7-13/h3-10H,2,11H2,1H3,(H,22,24)(H3,20,23,25). The molecule has 0 fully saturated rings. The van der Waals surface area contributed by atoms with Crippen molar-refractivity contribution in [3.8, 4) is 11.5 Å². The number of nitrogens with two attached hydrogens (primary N) is 1. The van der Waals surface area contributed by atoms with E-state index < -0.39 is 6.03 Å². The fourth-order valence-corrected chi connectivity index (χ4v) is 2.37. The lowest BCUT2D eigenvalue weighted by molar-refractivity contribution is -0.118. The smallest absolute Gasteiger partial charge is 0.332 e. The molecule has 0 bridgehead atoms. The van der Waals surface area contributed by atoms with Gasteiger partial charge >= 0.3 is 6.03 Å². The van der Waals surface area contributed by atoms with Crippen molar-refractivity contribution in [1.29, 1.82) is 0 Å². The number of hydrogen-bond donors (Lipinski definition) is 3. The van der Waals surface area contributed by atoms with E-state index in [9.17, 15) is 9.59 Å². The largest absolute Gasteiger partial charge is 0.490 e. The predicted octanol–water partition coefficient (Wildman–Crippen LogP) is 2.76. The lowest BCUT2D eigenvalue weighted by atomic mass is 10.2. The Hall–Kier alpha value is -3.26. The van der Waals surface area contributed by atoms with Gasteiger partial charge in [-0.1, -0.05) is 29.8 Å². The van der Waals surface area contributed by atoms with Gasteiger partial charge in [0.25, 0.3) is 5.91 Å². The van der Waals surface area contributed by atoms with Gasteiger partial charge in [-0.3, -0.25) is 4.79 Å². The third-order valence-electron chi connectivity index (χ3n) is 3.13. The Bertz CT molecular complexity index is 828. The molecule has 0 saturated carbocycles. The number of nitrogens with one attached hydrogen (secondary N) is 2. The molecule has 0 saturated heterocycles. The van der Waals surface area contributed by atoms with E-state index in [2.05, 4.69) is 15.8 Å². The van der Waals surface area contributed by atoms with Crippen molar-refractivity contribution >= 4 is 35.4 Å². The van der Waals surface area contributed by atoms with Crippen molar-refractivity contribution in [2.24, 2.45) is 10.8 Å². The second kappa shape index (κ2) is 10.0. The van der Waals surface area contributed by atoms with Gasteiger partial charge in [0.15, 0.2) is 18.1 Å². The Balaban J connectivity index is 2.09. The highest BCUT2D eigenvalue weighted by Crippen LogP contribution is 2.36. The highest BCUT2D eigenvalue weighted by Gasteiger charge is 2.14. The van der Waals surface area contributed by atoms with Crippen molar-refractivity contribution in [3.63, 3.8) is 0 Å². The number of primary amides is 1. The normalized spacial score (nSPS) is 10.4. The number of rotatable bonds is 8. The summed E-state index contributed by atoms with van der Waals surface area (Å²) in [4.78, 5) is 22.7. The number of hydrogen-bond acceptors (Lipinski definition) is 5. The molecule has 3 amide bonds. The summed E-state index contributed by atoms with van der Waals surface area (Å²) >= 11 is 6.24. The van der Waals surface area contributed by atoms with Gasteiger partial charge in [0, 0.05) is 5.69 Å². The molecule has 2 aromatic carbocycles. The van der Waals surface area contributed by atoms with Crippen LogP contribution in [0.15, 0.2) is 47.6 Å². The monoisotopic (exact) mass is 390 g/mol. The van der Waals surface area contributed by atoms with Crippen LogP contribution in [0.3, 0.4) is 0 Å². The Labute approximate surface area is 161 Å². The molecule has 8 nitrogen and oxygen atoms in total. The minimum atomic E-state index is -0.785. The van der Waals surface area contributed by atoms with Crippen molar-refractivity contribution in [2.45, 2.75) is 6.92 Å². The maximum absolute atomic E-state index is 12.0. The molecule has 27 heavy (non-hydrogen) atoms. The van der Waals surface area contributed by atoms with Crippen LogP contribution in [0.25, 0.3) is 0 Å². The number of anilines is 1. The Morgan fingerprint density at radius 3 is 2.63 bits per heavy atom. The maximum Gasteiger partial charge on any atom is 0.332 e. The average molecular weight is 391 g/mol. The first-order chi connectivity index (χ1) is 13.0. The summed E-state index contributed by atoms with van der Waals surface area (Å²) in [7, 11) is 0. The second-order valence-corrected chi connectivity index (χ2v) is 5.61. The van der Waals surface area contributed by atoms with E-state index in [1.165, 1.54) is 6.21 Å². The number of halogens is 1. The molecule has 2 aromatic rings. The summed E-state index contributed by atoms with van der Waals surface area (Å²) in [5.74, 6) is 0.246. The highest BCUT2D eigenvalue weighted by atomic mass is 35.5. The minimum absolute atomic E-state index is 0.231. The van der Waals surface area contributed by atoms with Crippen LogP contribution in [0.5, 0.6) is 11.5 Å². The molecule has 0 unspecified atom stereocenters. The van der Waals surface area contributed by atoms with E-state index in [-0.39, 0.29) is 23.3 Å². The van der Waals surface area contributed by atoms with Crippen LogP contribution in [0, 0.1) is 0 Å².